The molecule has 1 heterocycles. The molecule has 5 heteroatoms. The van der Waals surface area contributed by atoms with Crippen molar-refractivity contribution in [2.75, 3.05) is 38.1 Å². The maximum absolute atomic E-state index is 10.3. The third-order valence-corrected chi connectivity index (χ3v) is 5.58. The quantitative estimate of drug-likeness (QED) is 0.606. The van der Waals surface area contributed by atoms with Gasteiger partial charge in [0, 0.05) is 38.9 Å². The number of hydrogen-bond donors (Lipinski definition) is 2. The van der Waals surface area contributed by atoms with Gasteiger partial charge in [0.25, 0.3) is 0 Å². The minimum absolute atomic E-state index is 0.494. The number of hydrogen-bond acceptors (Lipinski definition) is 3. The SMILES string of the molecule is CCNC(=NCC1(O)CCC1)N(C)Cc1ccc(N2CCCCC2)cc1. The van der Waals surface area contributed by atoms with Gasteiger partial charge in [0.15, 0.2) is 5.96 Å². The second-order valence-electron chi connectivity index (χ2n) is 7.82. The van der Waals surface area contributed by atoms with Gasteiger partial charge in [0.1, 0.15) is 0 Å². The van der Waals surface area contributed by atoms with Crippen LogP contribution in [0.2, 0.25) is 0 Å². The summed E-state index contributed by atoms with van der Waals surface area (Å²) in [5.41, 5.74) is 2.04. The Morgan fingerprint density at radius 2 is 1.85 bits per heavy atom. The molecule has 1 aliphatic heterocycles. The van der Waals surface area contributed by atoms with E-state index in [4.69, 9.17) is 0 Å². The van der Waals surface area contributed by atoms with E-state index in [1.165, 1.54) is 43.6 Å². The number of guanidine groups is 1. The zero-order chi connectivity index (χ0) is 18.4. The van der Waals surface area contributed by atoms with Crippen LogP contribution >= 0.6 is 0 Å². The lowest BCUT2D eigenvalue weighted by molar-refractivity contribution is -0.0237. The van der Waals surface area contributed by atoms with E-state index in [1.807, 2.05) is 0 Å². The highest BCUT2D eigenvalue weighted by Crippen LogP contribution is 2.31. The molecule has 1 aliphatic carbocycles. The van der Waals surface area contributed by atoms with Gasteiger partial charge in [-0.15, -0.1) is 0 Å². The number of nitrogens with one attached hydrogen (secondary N) is 1. The summed E-state index contributed by atoms with van der Waals surface area (Å²) in [4.78, 5) is 9.30. The van der Waals surface area contributed by atoms with E-state index in [2.05, 4.69) is 58.3 Å². The molecule has 1 saturated carbocycles. The summed E-state index contributed by atoms with van der Waals surface area (Å²) in [6, 6.07) is 8.94. The topological polar surface area (TPSA) is 51.1 Å². The molecule has 5 nitrogen and oxygen atoms in total. The molecule has 144 valence electrons. The molecule has 2 N–H and O–H groups in total. The second-order valence-corrected chi connectivity index (χ2v) is 7.82. The Balaban J connectivity index is 1.59. The number of benzene rings is 1. The molecule has 1 aromatic rings. The normalized spacial score (nSPS) is 19.8. The van der Waals surface area contributed by atoms with Gasteiger partial charge in [0.05, 0.1) is 12.1 Å². The summed E-state index contributed by atoms with van der Waals surface area (Å²) in [7, 11) is 2.06. The fourth-order valence-electron chi connectivity index (χ4n) is 3.75. The number of nitrogens with zero attached hydrogens (tertiary/aromatic N) is 3. The molecule has 2 fully saturated rings. The average Bonchev–Trinajstić information content (AvgIpc) is 2.65. The van der Waals surface area contributed by atoms with Crippen LogP contribution in [0.1, 0.15) is 51.0 Å². The summed E-state index contributed by atoms with van der Waals surface area (Å²) < 4.78 is 0. The lowest BCUT2D eigenvalue weighted by atomic mass is 9.80. The van der Waals surface area contributed by atoms with E-state index in [9.17, 15) is 5.11 Å². The van der Waals surface area contributed by atoms with Crippen molar-refractivity contribution in [3.8, 4) is 0 Å². The molecule has 0 unspecified atom stereocenters. The number of anilines is 1. The van der Waals surface area contributed by atoms with Crippen molar-refractivity contribution in [3.05, 3.63) is 29.8 Å². The van der Waals surface area contributed by atoms with Crippen LogP contribution in [0.15, 0.2) is 29.3 Å². The Morgan fingerprint density at radius 1 is 1.15 bits per heavy atom. The van der Waals surface area contributed by atoms with Crippen LogP contribution in [-0.4, -0.2) is 54.8 Å². The maximum Gasteiger partial charge on any atom is 0.194 e. The van der Waals surface area contributed by atoms with Crippen LogP contribution in [0, 0.1) is 0 Å². The predicted molar refractivity (Wildman–Crippen MR) is 109 cm³/mol. The van der Waals surface area contributed by atoms with Crippen molar-refractivity contribution in [2.45, 2.75) is 57.6 Å². The van der Waals surface area contributed by atoms with Crippen molar-refractivity contribution >= 4 is 11.6 Å². The lowest BCUT2D eigenvalue weighted by Gasteiger charge is -2.35. The molecule has 3 rings (SSSR count). The first-order valence-electron chi connectivity index (χ1n) is 10.2. The zero-order valence-corrected chi connectivity index (χ0v) is 16.4. The van der Waals surface area contributed by atoms with Gasteiger partial charge in [-0.2, -0.15) is 0 Å². The van der Waals surface area contributed by atoms with Crippen molar-refractivity contribution in [3.63, 3.8) is 0 Å². The van der Waals surface area contributed by atoms with Gasteiger partial charge in [-0.05, 0) is 63.1 Å². The second kappa shape index (κ2) is 8.76. The smallest absolute Gasteiger partial charge is 0.194 e. The highest BCUT2D eigenvalue weighted by molar-refractivity contribution is 5.79. The van der Waals surface area contributed by atoms with E-state index in [0.29, 0.717) is 6.54 Å². The van der Waals surface area contributed by atoms with Gasteiger partial charge in [0.2, 0.25) is 0 Å². The van der Waals surface area contributed by atoms with Crippen LogP contribution in [0.5, 0.6) is 0 Å². The van der Waals surface area contributed by atoms with Crippen molar-refractivity contribution in [2.24, 2.45) is 4.99 Å². The monoisotopic (exact) mass is 358 g/mol. The molecule has 1 saturated heterocycles. The Labute approximate surface area is 158 Å². The molecule has 0 radical (unpaired) electrons. The summed E-state index contributed by atoms with van der Waals surface area (Å²) in [6.07, 6.45) is 6.83. The van der Waals surface area contributed by atoms with E-state index < -0.39 is 5.60 Å². The standard InChI is InChI=1S/C21H34N4O/c1-3-22-20(23-17-21(26)12-7-13-21)24(2)16-18-8-10-19(11-9-18)25-14-5-4-6-15-25/h8-11,26H,3-7,12-17H2,1-2H3,(H,22,23). The van der Waals surface area contributed by atoms with E-state index in [-0.39, 0.29) is 0 Å². The summed E-state index contributed by atoms with van der Waals surface area (Å²) in [5.74, 6) is 0.868. The third-order valence-electron chi connectivity index (χ3n) is 5.58. The van der Waals surface area contributed by atoms with Crippen LogP contribution in [0.4, 0.5) is 5.69 Å². The Kier molecular flexibility index (Phi) is 6.41. The van der Waals surface area contributed by atoms with Crippen LogP contribution in [0.3, 0.4) is 0 Å². The molecule has 0 amide bonds. The van der Waals surface area contributed by atoms with Crippen molar-refractivity contribution in [1.29, 1.82) is 0 Å². The van der Waals surface area contributed by atoms with Crippen LogP contribution in [0.25, 0.3) is 0 Å². The van der Waals surface area contributed by atoms with Gasteiger partial charge >= 0.3 is 0 Å². The number of aliphatic imine (C=N–C) groups is 1. The maximum atomic E-state index is 10.3. The first-order chi connectivity index (χ1) is 12.6. The van der Waals surface area contributed by atoms with Gasteiger partial charge in [-0.1, -0.05) is 12.1 Å². The van der Waals surface area contributed by atoms with Crippen LogP contribution < -0.4 is 10.2 Å². The first-order valence-corrected chi connectivity index (χ1v) is 10.2. The summed E-state index contributed by atoms with van der Waals surface area (Å²) >= 11 is 0. The van der Waals surface area contributed by atoms with Crippen LogP contribution in [-0.2, 0) is 6.54 Å². The molecule has 2 aliphatic rings. The molecule has 0 aromatic heterocycles. The Morgan fingerprint density at radius 3 is 2.42 bits per heavy atom. The van der Waals surface area contributed by atoms with Gasteiger partial charge < -0.3 is 20.2 Å². The summed E-state index contributed by atoms with van der Waals surface area (Å²) in [5, 5.41) is 13.6. The Bertz CT molecular complexity index is 589. The number of piperidine rings is 1. The van der Waals surface area contributed by atoms with Gasteiger partial charge in [-0.3, -0.25) is 4.99 Å². The van der Waals surface area contributed by atoms with E-state index >= 15 is 0 Å². The predicted octanol–water partition coefficient (Wildman–Crippen LogP) is 2.99. The third kappa shape index (κ3) is 4.91. The van der Waals surface area contributed by atoms with Gasteiger partial charge in [-0.25, -0.2) is 0 Å². The first kappa shape index (κ1) is 19.0. The van der Waals surface area contributed by atoms with Crippen molar-refractivity contribution < 1.29 is 5.11 Å². The highest BCUT2D eigenvalue weighted by Gasteiger charge is 2.34. The molecule has 0 atom stereocenters. The summed E-state index contributed by atoms with van der Waals surface area (Å²) in [6.45, 7) is 6.57. The Hall–Kier alpha value is -1.75. The molecular weight excluding hydrogens is 324 g/mol. The minimum atomic E-state index is -0.572. The molecule has 1 aromatic carbocycles. The molecular formula is C21H34N4O. The fraction of sp³-hybridized carbons (Fsp3) is 0.667. The van der Waals surface area contributed by atoms with E-state index in [1.54, 1.807) is 0 Å². The number of rotatable bonds is 6. The zero-order valence-electron chi connectivity index (χ0n) is 16.4. The lowest BCUT2D eigenvalue weighted by Crippen LogP contribution is -2.43. The fourth-order valence-corrected chi connectivity index (χ4v) is 3.75. The number of aliphatic hydroxyl groups is 1. The van der Waals surface area contributed by atoms with Crippen molar-refractivity contribution in [1.82, 2.24) is 10.2 Å². The molecule has 0 bridgehead atoms. The van der Waals surface area contributed by atoms with E-state index in [0.717, 1.165) is 38.3 Å². The highest BCUT2D eigenvalue weighted by atomic mass is 16.3. The largest absolute Gasteiger partial charge is 0.388 e. The molecule has 0 spiro atoms. The average molecular weight is 359 g/mol. The molecule has 26 heavy (non-hydrogen) atoms. The minimum Gasteiger partial charge on any atom is -0.388 e.